The SMILES string of the molecule is CC1CC(C(=O)O)CCN1C(=O)Nc1cc(F)ccc1F. The average molecular weight is 298 g/mol. The van der Waals surface area contributed by atoms with Crippen molar-refractivity contribution in [1.82, 2.24) is 4.90 Å². The van der Waals surface area contributed by atoms with Crippen LogP contribution in [0, 0.1) is 17.6 Å². The van der Waals surface area contributed by atoms with E-state index < -0.39 is 29.6 Å². The molecule has 1 aliphatic heterocycles. The van der Waals surface area contributed by atoms with E-state index in [1.54, 1.807) is 6.92 Å². The Morgan fingerprint density at radius 2 is 2.10 bits per heavy atom. The zero-order valence-electron chi connectivity index (χ0n) is 11.5. The smallest absolute Gasteiger partial charge is 0.322 e. The Bertz CT molecular complexity index is 565. The van der Waals surface area contributed by atoms with Crippen LogP contribution in [0.2, 0.25) is 0 Å². The van der Waals surface area contributed by atoms with Gasteiger partial charge in [0.15, 0.2) is 0 Å². The third kappa shape index (κ3) is 3.48. The lowest BCUT2D eigenvalue weighted by molar-refractivity contribution is -0.143. The summed E-state index contributed by atoms with van der Waals surface area (Å²) in [6, 6.07) is 1.96. The van der Waals surface area contributed by atoms with Gasteiger partial charge in [-0.2, -0.15) is 0 Å². The number of carboxylic acid groups (broad SMARTS) is 1. The molecule has 0 aromatic heterocycles. The van der Waals surface area contributed by atoms with Crippen molar-refractivity contribution in [1.29, 1.82) is 0 Å². The second-order valence-corrected chi connectivity index (χ2v) is 5.16. The number of nitrogens with zero attached hydrogens (tertiary/aromatic N) is 1. The number of carboxylic acids is 1. The number of urea groups is 1. The Kier molecular flexibility index (Phi) is 4.40. The van der Waals surface area contributed by atoms with Crippen LogP contribution in [-0.4, -0.2) is 34.6 Å². The second kappa shape index (κ2) is 6.07. The van der Waals surface area contributed by atoms with Crippen LogP contribution < -0.4 is 5.32 Å². The van der Waals surface area contributed by atoms with E-state index in [2.05, 4.69) is 5.32 Å². The molecule has 2 unspecified atom stereocenters. The quantitative estimate of drug-likeness (QED) is 0.882. The molecule has 2 amide bonds. The molecule has 2 N–H and O–H groups in total. The molecule has 0 spiro atoms. The Morgan fingerprint density at radius 3 is 2.71 bits per heavy atom. The second-order valence-electron chi connectivity index (χ2n) is 5.16. The molecule has 1 heterocycles. The Hall–Kier alpha value is -2.18. The molecule has 2 rings (SSSR count). The number of nitrogens with one attached hydrogen (secondary N) is 1. The Morgan fingerprint density at radius 1 is 1.38 bits per heavy atom. The largest absolute Gasteiger partial charge is 0.481 e. The zero-order valence-corrected chi connectivity index (χ0v) is 11.5. The average Bonchev–Trinajstić information content (AvgIpc) is 2.42. The summed E-state index contributed by atoms with van der Waals surface area (Å²) in [5, 5.41) is 11.3. The molecule has 1 aliphatic rings. The fourth-order valence-corrected chi connectivity index (χ4v) is 2.48. The first-order valence-corrected chi connectivity index (χ1v) is 6.64. The third-order valence-electron chi connectivity index (χ3n) is 3.66. The predicted molar refractivity (Wildman–Crippen MR) is 71.9 cm³/mol. The summed E-state index contributed by atoms with van der Waals surface area (Å²) >= 11 is 0. The molecule has 1 saturated heterocycles. The first-order valence-electron chi connectivity index (χ1n) is 6.64. The van der Waals surface area contributed by atoms with Gasteiger partial charge >= 0.3 is 12.0 Å². The number of hydrogen-bond donors (Lipinski definition) is 2. The Labute approximate surface area is 120 Å². The number of amides is 2. The lowest BCUT2D eigenvalue weighted by atomic mass is 9.92. The number of piperidine rings is 1. The van der Waals surface area contributed by atoms with E-state index in [0.29, 0.717) is 12.8 Å². The van der Waals surface area contributed by atoms with Gasteiger partial charge in [0.25, 0.3) is 0 Å². The number of carbonyl (C=O) groups is 2. The summed E-state index contributed by atoms with van der Waals surface area (Å²) in [6.45, 7) is 2.00. The molecule has 0 saturated carbocycles. The molecular weight excluding hydrogens is 282 g/mol. The minimum absolute atomic E-state index is 0.229. The van der Waals surface area contributed by atoms with E-state index in [0.717, 1.165) is 18.2 Å². The monoisotopic (exact) mass is 298 g/mol. The van der Waals surface area contributed by atoms with Crippen molar-refractivity contribution < 1.29 is 23.5 Å². The fourth-order valence-electron chi connectivity index (χ4n) is 2.48. The molecule has 0 bridgehead atoms. The van der Waals surface area contributed by atoms with Gasteiger partial charge in [-0.05, 0) is 31.9 Å². The predicted octanol–water partition coefficient (Wildman–Crippen LogP) is 2.68. The maximum Gasteiger partial charge on any atom is 0.322 e. The highest BCUT2D eigenvalue weighted by molar-refractivity contribution is 5.89. The van der Waals surface area contributed by atoms with Crippen LogP contribution in [0.5, 0.6) is 0 Å². The van der Waals surface area contributed by atoms with Crippen molar-refractivity contribution in [3.63, 3.8) is 0 Å². The minimum Gasteiger partial charge on any atom is -0.481 e. The van der Waals surface area contributed by atoms with Crippen molar-refractivity contribution in [3.8, 4) is 0 Å². The maximum atomic E-state index is 13.5. The highest BCUT2D eigenvalue weighted by atomic mass is 19.1. The highest BCUT2D eigenvalue weighted by Gasteiger charge is 2.32. The van der Waals surface area contributed by atoms with E-state index in [-0.39, 0.29) is 18.3 Å². The number of benzene rings is 1. The molecule has 0 radical (unpaired) electrons. The molecule has 21 heavy (non-hydrogen) atoms. The van der Waals surface area contributed by atoms with E-state index >= 15 is 0 Å². The van der Waals surface area contributed by atoms with Crippen LogP contribution >= 0.6 is 0 Å². The number of likely N-dealkylation sites (tertiary alicyclic amines) is 1. The van der Waals surface area contributed by atoms with E-state index in [4.69, 9.17) is 5.11 Å². The van der Waals surface area contributed by atoms with Gasteiger partial charge in [-0.3, -0.25) is 4.79 Å². The number of halogens is 2. The van der Waals surface area contributed by atoms with Crippen LogP contribution in [-0.2, 0) is 4.79 Å². The molecule has 1 fully saturated rings. The van der Waals surface area contributed by atoms with Crippen molar-refractivity contribution in [2.24, 2.45) is 5.92 Å². The molecule has 1 aromatic carbocycles. The van der Waals surface area contributed by atoms with Crippen LogP contribution in [0.4, 0.5) is 19.3 Å². The summed E-state index contributed by atoms with van der Waals surface area (Å²) in [5.41, 5.74) is -0.229. The fraction of sp³-hybridized carbons (Fsp3) is 0.429. The lowest BCUT2D eigenvalue weighted by Crippen LogP contribution is -2.47. The highest BCUT2D eigenvalue weighted by Crippen LogP contribution is 2.24. The van der Waals surface area contributed by atoms with Crippen LogP contribution in [0.25, 0.3) is 0 Å². The number of aliphatic carboxylic acids is 1. The van der Waals surface area contributed by atoms with Crippen LogP contribution in [0.15, 0.2) is 18.2 Å². The molecule has 5 nitrogen and oxygen atoms in total. The van der Waals surface area contributed by atoms with Crippen molar-refractivity contribution in [2.45, 2.75) is 25.8 Å². The molecule has 0 aliphatic carbocycles. The Balaban J connectivity index is 2.04. The van der Waals surface area contributed by atoms with E-state index in [9.17, 15) is 18.4 Å². The van der Waals surface area contributed by atoms with Crippen molar-refractivity contribution in [3.05, 3.63) is 29.8 Å². The number of rotatable bonds is 2. The molecular formula is C14H16F2N2O3. The number of anilines is 1. The van der Waals surface area contributed by atoms with Gasteiger partial charge in [0.05, 0.1) is 11.6 Å². The summed E-state index contributed by atoms with van der Waals surface area (Å²) in [4.78, 5) is 24.5. The number of carbonyl (C=O) groups excluding carboxylic acids is 1. The van der Waals surface area contributed by atoms with E-state index in [1.165, 1.54) is 4.90 Å². The van der Waals surface area contributed by atoms with Gasteiger partial charge in [0, 0.05) is 18.7 Å². The molecule has 2 atom stereocenters. The van der Waals surface area contributed by atoms with Crippen molar-refractivity contribution >= 4 is 17.7 Å². The van der Waals surface area contributed by atoms with E-state index in [1.807, 2.05) is 0 Å². The topological polar surface area (TPSA) is 69.6 Å². The third-order valence-corrected chi connectivity index (χ3v) is 3.66. The lowest BCUT2D eigenvalue weighted by Gasteiger charge is -2.36. The van der Waals surface area contributed by atoms with Gasteiger partial charge < -0.3 is 15.3 Å². The first-order chi connectivity index (χ1) is 9.88. The minimum atomic E-state index is -0.877. The normalized spacial score (nSPS) is 22.0. The summed E-state index contributed by atoms with van der Waals surface area (Å²) in [7, 11) is 0. The standard InChI is InChI=1S/C14H16F2N2O3/c1-8-6-9(13(19)20)4-5-18(8)14(21)17-12-7-10(15)2-3-11(12)16/h2-3,7-9H,4-6H2,1H3,(H,17,21)(H,19,20). The first kappa shape index (κ1) is 15.2. The van der Waals surface area contributed by atoms with Gasteiger partial charge in [0.1, 0.15) is 11.6 Å². The van der Waals surface area contributed by atoms with Gasteiger partial charge in [-0.15, -0.1) is 0 Å². The van der Waals surface area contributed by atoms with Crippen molar-refractivity contribution in [2.75, 3.05) is 11.9 Å². The summed E-state index contributed by atoms with van der Waals surface area (Å²) in [6.07, 6.45) is 0.688. The van der Waals surface area contributed by atoms with Crippen LogP contribution in [0.1, 0.15) is 19.8 Å². The molecule has 1 aromatic rings. The van der Waals surface area contributed by atoms with Gasteiger partial charge in [0.2, 0.25) is 0 Å². The summed E-state index contributed by atoms with van der Waals surface area (Å²) in [5.74, 6) is -2.73. The van der Waals surface area contributed by atoms with Gasteiger partial charge in [-0.25, -0.2) is 13.6 Å². The summed E-state index contributed by atoms with van der Waals surface area (Å²) < 4.78 is 26.5. The maximum absolute atomic E-state index is 13.5. The number of hydrogen-bond acceptors (Lipinski definition) is 2. The van der Waals surface area contributed by atoms with Crippen LogP contribution in [0.3, 0.4) is 0 Å². The molecule has 7 heteroatoms. The van der Waals surface area contributed by atoms with Gasteiger partial charge in [-0.1, -0.05) is 0 Å². The zero-order chi connectivity index (χ0) is 15.6. The molecule has 114 valence electrons.